The van der Waals surface area contributed by atoms with Crippen molar-refractivity contribution in [3.05, 3.63) is 71.4 Å². The number of aromatic nitrogens is 1. The number of rotatable bonds is 6. The summed E-state index contributed by atoms with van der Waals surface area (Å²) >= 11 is 0. The fraction of sp³-hybridized carbons (Fsp3) is 0.346. The van der Waals surface area contributed by atoms with Crippen LogP contribution in [0.25, 0.3) is 10.9 Å². The molecule has 0 spiro atoms. The summed E-state index contributed by atoms with van der Waals surface area (Å²) in [6.07, 6.45) is 1.64. The minimum atomic E-state index is -0.611. The van der Waals surface area contributed by atoms with Crippen LogP contribution in [0.2, 0.25) is 0 Å². The fourth-order valence-electron chi connectivity index (χ4n) is 4.52. The Hall–Kier alpha value is -3.45. The number of hydroxylamine groups is 2. The molecule has 2 heterocycles. The zero-order valence-corrected chi connectivity index (χ0v) is 19.2. The fourth-order valence-corrected chi connectivity index (χ4v) is 4.52. The van der Waals surface area contributed by atoms with Gasteiger partial charge in [0.15, 0.2) is 0 Å². The monoisotopic (exact) mass is 447 g/mol. The molecule has 1 aromatic heterocycles. The van der Waals surface area contributed by atoms with Crippen molar-refractivity contribution in [2.45, 2.75) is 45.3 Å². The van der Waals surface area contributed by atoms with E-state index in [4.69, 9.17) is 4.74 Å². The van der Waals surface area contributed by atoms with Crippen LogP contribution >= 0.6 is 0 Å². The molecule has 1 saturated heterocycles. The average Bonchev–Trinajstić information content (AvgIpc) is 3.18. The molecule has 1 fully saturated rings. The molecule has 172 valence electrons. The smallest absolute Gasteiger partial charge is 0.254 e. The maximum atomic E-state index is 13.2. The van der Waals surface area contributed by atoms with Crippen LogP contribution in [0, 0.1) is 6.92 Å². The molecule has 2 aromatic carbocycles. The van der Waals surface area contributed by atoms with Gasteiger partial charge in [0.05, 0.1) is 11.9 Å². The van der Waals surface area contributed by atoms with Gasteiger partial charge in [-0.2, -0.15) is 0 Å². The molecule has 4 rings (SSSR count). The summed E-state index contributed by atoms with van der Waals surface area (Å²) in [5, 5.41) is 11.1. The van der Waals surface area contributed by atoms with E-state index in [-0.39, 0.29) is 12.3 Å². The number of benzene rings is 2. The largest absolute Gasteiger partial charge is 0.489 e. The molecule has 1 aliphatic heterocycles. The maximum absolute atomic E-state index is 13.2. The summed E-state index contributed by atoms with van der Waals surface area (Å²) in [5.74, 6) is 0.150. The number of hydrogen-bond acceptors (Lipinski definition) is 5. The van der Waals surface area contributed by atoms with Gasteiger partial charge in [0, 0.05) is 41.3 Å². The number of carbonyl (C=O) groups is 2. The first-order valence-electron chi connectivity index (χ1n) is 11.1. The van der Waals surface area contributed by atoms with Crippen LogP contribution in [0.5, 0.6) is 5.75 Å². The normalized spacial score (nSPS) is 17.9. The SMILES string of the molecule is Cc1cc(COc2ccc(C(=O)N3CCCC3(C)CC(=O)N(C)O)cc2)c2ccccc2n1. The standard InChI is InChI=1S/C26H29N3O4/c1-18-15-20(22-7-4-5-8-23(22)27-18)17-33-21-11-9-19(10-12-21)25(31)29-14-6-13-26(29,2)16-24(30)28(3)32/h4-5,7-12,15,32H,6,13-14,16-17H2,1-3H3. The van der Waals surface area contributed by atoms with Crippen molar-refractivity contribution in [3.8, 4) is 5.75 Å². The molecule has 0 saturated carbocycles. The second-order valence-corrected chi connectivity index (χ2v) is 8.90. The Labute approximate surface area is 193 Å². The highest BCUT2D eigenvalue weighted by atomic mass is 16.5. The van der Waals surface area contributed by atoms with Gasteiger partial charge < -0.3 is 9.64 Å². The summed E-state index contributed by atoms with van der Waals surface area (Å²) in [5.41, 5.74) is 2.88. The van der Waals surface area contributed by atoms with E-state index >= 15 is 0 Å². The van der Waals surface area contributed by atoms with Gasteiger partial charge in [-0.3, -0.25) is 19.8 Å². The summed E-state index contributed by atoms with van der Waals surface area (Å²) in [7, 11) is 1.31. The third-order valence-electron chi connectivity index (χ3n) is 6.31. The topological polar surface area (TPSA) is 83.0 Å². The van der Waals surface area contributed by atoms with Gasteiger partial charge in [-0.25, -0.2) is 5.06 Å². The van der Waals surface area contributed by atoms with Crippen LogP contribution in [0.3, 0.4) is 0 Å². The van der Waals surface area contributed by atoms with Crippen LogP contribution in [0.4, 0.5) is 0 Å². The maximum Gasteiger partial charge on any atom is 0.254 e. The summed E-state index contributed by atoms with van der Waals surface area (Å²) < 4.78 is 6.00. The van der Waals surface area contributed by atoms with Crippen molar-refractivity contribution in [2.75, 3.05) is 13.6 Å². The van der Waals surface area contributed by atoms with Gasteiger partial charge in [0.2, 0.25) is 5.91 Å². The first kappa shape index (κ1) is 22.7. The average molecular weight is 448 g/mol. The molecule has 7 heteroatoms. The molecule has 7 nitrogen and oxygen atoms in total. The van der Waals surface area contributed by atoms with E-state index in [0.29, 0.717) is 29.5 Å². The highest BCUT2D eigenvalue weighted by Crippen LogP contribution is 2.34. The Morgan fingerprint density at radius 3 is 2.64 bits per heavy atom. The van der Waals surface area contributed by atoms with Crippen molar-refractivity contribution in [1.29, 1.82) is 0 Å². The van der Waals surface area contributed by atoms with E-state index in [0.717, 1.165) is 35.0 Å². The van der Waals surface area contributed by atoms with Gasteiger partial charge in [-0.05, 0) is 63.1 Å². The number of pyridine rings is 1. The number of likely N-dealkylation sites (tertiary alicyclic amines) is 1. The van der Waals surface area contributed by atoms with E-state index in [1.807, 2.05) is 44.2 Å². The molecule has 1 atom stereocenters. The molecular weight excluding hydrogens is 418 g/mol. The zero-order valence-electron chi connectivity index (χ0n) is 19.2. The third kappa shape index (κ3) is 4.83. The number of carbonyl (C=O) groups excluding carboxylic acids is 2. The molecule has 0 bridgehead atoms. The predicted molar refractivity (Wildman–Crippen MR) is 125 cm³/mol. The highest BCUT2D eigenvalue weighted by Gasteiger charge is 2.41. The lowest BCUT2D eigenvalue weighted by atomic mass is 9.93. The van der Waals surface area contributed by atoms with Crippen LogP contribution in [-0.4, -0.2) is 51.1 Å². The quantitative estimate of drug-likeness (QED) is 0.449. The second-order valence-electron chi connectivity index (χ2n) is 8.90. The number of hydrogen-bond donors (Lipinski definition) is 1. The number of amides is 2. The van der Waals surface area contributed by atoms with Crippen molar-refractivity contribution < 1.29 is 19.5 Å². The van der Waals surface area contributed by atoms with Crippen LogP contribution in [0.1, 0.15) is 47.8 Å². The first-order chi connectivity index (χ1) is 15.8. The van der Waals surface area contributed by atoms with Gasteiger partial charge in [0.25, 0.3) is 5.91 Å². The van der Waals surface area contributed by atoms with Gasteiger partial charge in [0.1, 0.15) is 12.4 Å². The molecular formula is C26H29N3O4. The highest BCUT2D eigenvalue weighted by molar-refractivity contribution is 5.95. The van der Waals surface area contributed by atoms with E-state index in [9.17, 15) is 14.8 Å². The lowest BCUT2D eigenvalue weighted by molar-refractivity contribution is -0.161. The predicted octanol–water partition coefficient (Wildman–Crippen LogP) is 4.35. The Kier molecular flexibility index (Phi) is 6.33. The summed E-state index contributed by atoms with van der Waals surface area (Å²) in [6, 6.07) is 17.1. The molecule has 1 unspecified atom stereocenters. The van der Waals surface area contributed by atoms with Crippen molar-refractivity contribution in [1.82, 2.24) is 14.9 Å². The Morgan fingerprint density at radius 2 is 1.91 bits per heavy atom. The van der Waals surface area contributed by atoms with E-state index in [1.165, 1.54) is 7.05 Å². The van der Waals surface area contributed by atoms with E-state index in [2.05, 4.69) is 4.98 Å². The Morgan fingerprint density at radius 1 is 1.18 bits per heavy atom. The van der Waals surface area contributed by atoms with Crippen molar-refractivity contribution >= 4 is 22.7 Å². The molecule has 33 heavy (non-hydrogen) atoms. The lowest BCUT2D eigenvalue weighted by Crippen LogP contribution is -2.48. The molecule has 0 aliphatic carbocycles. The number of para-hydroxylation sites is 1. The minimum Gasteiger partial charge on any atom is -0.489 e. The Bertz CT molecular complexity index is 1180. The second kappa shape index (κ2) is 9.19. The van der Waals surface area contributed by atoms with Crippen LogP contribution < -0.4 is 4.74 Å². The number of aryl methyl sites for hydroxylation is 1. The lowest BCUT2D eigenvalue weighted by Gasteiger charge is -2.35. The molecule has 2 amide bonds. The Balaban J connectivity index is 1.45. The molecule has 1 aliphatic rings. The van der Waals surface area contributed by atoms with Crippen molar-refractivity contribution in [3.63, 3.8) is 0 Å². The third-order valence-corrected chi connectivity index (χ3v) is 6.31. The van der Waals surface area contributed by atoms with E-state index in [1.54, 1.807) is 29.2 Å². The minimum absolute atomic E-state index is 0.0895. The van der Waals surface area contributed by atoms with Gasteiger partial charge in [-0.15, -0.1) is 0 Å². The van der Waals surface area contributed by atoms with Crippen molar-refractivity contribution in [2.24, 2.45) is 0 Å². The van der Waals surface area contributed by atoms with Crippen LogP contribution in [0.15, 0.2) is 54.6 Å². The van der Waals surface area contributed by atoms with Gasteiger partial charge in [-0.1, -0.05) is 18.2 Å². The molecule has 3 aromatic rings. The summed E-state index contributed by atoms with van der Waals surface area (Å²) in [6.45, 7) is 4.86. The number of ether oxygens (including phenoxy) is 1. The number of nitrogens with zero attached hydrogens (tertiary/aromatic N) is 3. The van der Waals surface area contributed by atoms with Crippen LogP contribution in [-0.2, 0) is 11.4 Å². The molecule has 1 N–H and O–H groups in total. The summed E-state index contributed by atoms with van der Waals surface area (Å²) in [4.78, 5) is 31.6. The number of fused-ring (bicyclic) bond motifs is 1. The van der Waals surface area contributed by atoms with Gasteiger partial charge >= 0.3 is 0 Å². The first-order valence-corrected chi connectivity index (χ1v) is 11.1. The zero-order chi connectivity index (χ0) is 23.6. The van der Waals surface area contributed by atoms with E-state index < -0.39 is 11.4 Å². The molecule has 0 radical (unpaired) electrons.